The Bertz CT molecular complexity index is 555. The van der Waals surface area contributed by atoms with E-state index < -0.39 is 0 Å². The van der Waals surface area contributed by atoms with Gasteiger partial charge in [0.2, 0.25) is 0 Å². The summed E-state index contributed by atoms with van der Waals surface area (Å²) in [5.41, 5.74) is 1.62. The fourth-order valence-corrected chi connectivity index (χ4v) is 2.62. The third-order valence-electron chi connectivity index (χ3n) is 2.04. The Balaban J connectivity index is 2.45. The molecule has 2 aromatic rings. The average Bonchev–Trinajstić information content (AvgIpc) is 2.64. The second-order valence-corrected chi connectivity index (χ2v) is 5.85. The zero-order valence-corrected chi connectivity index (χ0v) is 11.2. The molecular formula is C9H6IN3O2S. The normalized spacial score (nSPS) is 10.4. The molecule has 0 atom stereocenters. The Hall–Kier alpha value is -1.09. The standard InChI is InChI=1S/C9H6IN3O2S/c1-5-4-6(2-3-7(5)13(14)15)8-11-12-9(10)16-8/h2-4H,1H3. The monoisotopic (exact) mass is 347 g/mol. The van der Waals surface area contributed by atoms with Crippen molar-refractivity contribution in [2.24, 2.45) is 0 Å². The van der Waals surface area contributed by atoms with Crippen LogP contribution in [0.1, 0.15) is 5.56 Å². The number of rotatable bonds is 2. The molecule has 0 unspecified atom stereocenters. The summed E-state index contributed by atoms with van der Waals surface area (Å²) in [5, 5.41) is 19.3. The summed E-state index contributed by atoms with van der Waals surface area (Å²) in [6.45, 7) is 1.72. The molecule has 0 radical (unpaired) electrons. The van der Waals surface area contributed by atoms with Crippen LogP contribution in [0.5, 0.6) is 0 Å². The minimum atomic E-state index is -0.386. The number of halogens is 1. The molecule has 2 rings (SSSR count). The second kappa shape index (κ2) is 4.42. The van der Waals surface area contributed by atoms with Crippen LogP contribution in [0.3, 0.4) is 0 Å². The van der Waals surface area contributed by atoms with Gasteiger partial charge in [-0.1, -0.05) is 11.3 Å². The Kier molecular flexibility index (Phi) is 3.15. The lowest BCUT2D eigenvalue weighted by Gasteiger charge is -1.99. The molecule has 1 aromatic carbocycles. The van der Waals surface area contributed by atoms with E-state index in [4.69, 9.17) is 0 Å². The summed E-state index contributed by atoms with van der Waals surface area (Å²) in [6, 6.07) is 4.95. The highest BCUT2D eigenvalue weighted by Crippen LogP contribution is 2.28. The van der Waals surface area contributed by atoms with Crippen LogP contribution >= 0.6 is 33.9 Å². The van der Waals surface area contributed by atoms with E-state index in [0.29, 0.717) is 5.56 Å². The van der Waals surface area contributed by atoms with Crippen molar-refractivity contribution in [2.45, 2.75) is 6.92 Å². The second-order valence-electron chi connectivity index (χ2n) is 3.12. The van der Waals surface area contributed by atoms with Crippen molar-refractivity contribution in [1.29, 1.82) is 0 Å². The topological polar surface area (TPSA) is 68.9 Å². The molecule has 0 fully saturated rings. The first kappa shape index (κ1) is 11.4. The average molecular weight is 347 g/mol. The summed E-state index contributed by atoms with van der Waals surface area (Å²) in [6.07, 6.45) is 0. The highest BCUT2D eigenvalue weighted by molar-refractivity contribution is 14.1. The predicted octanol–water partition coefficient (Wildman–Crippen LogP) is 3.03. The number of hydrogen-bond donors (Lipinski definition) is 0. The van der Waals surface area contributed by atoms with Gasteiger partial charge in [0.05, 0.1) is 4.92 Å². The molecule has 5 nitrogen and oxygen atoms in total. The molecule has 0 N–H and O–H groups in total. The van der Waals surface area contributed by atoms with E-state index in [1.165, 1.54) is 17.4 Å². The smallest absolute Gasteiger partial charge is 0.258 e. The first-order valence-electron chi connectivity index (χ1n) is 4.32. The summed E-state index contributed by atoms with van der Waals surface area (Å²) in [4.78, 5) is 10.3. The third-order valence-corrected chi connectivity index (χ3v) is 3.68. The Morgan fingerprint density at radius 2 is 2.19 bits per heavy atom. The number of benzene rings is 1. The van der Waals surface area contributed by atoms with E-state index in [1.807, 2.05) is 0 Å². The number of hydrogen-bond acceptors (Lipinski definition) is 5. The molecule has 1 aromatic heterocycles. The zero-order valence-electron chi connectivity index (χ0n) is 8.18. The summed E-state index contributed by atoms with van der Waals surface area (Å²) >= 11 is 3.55. The van der Waals surface area contributed by atoms with Crippen LogP contribution in [0.15, 0.2) is 18.2 Å². The summed E-state index contributed by atoms with van der Waals surface area (Å²) < 4.78 is 0.851. The quantitative estimate of drug-likeness (QED) is 0.476. The van der Waals surface area contributed by atoms with Crippen molar-refractivity contribution in [3.05, 3.63) is 36.9 Å². The Morgan fingerprint density at radius 1 is 1.44 bits per heavy atom. The lowest BCUT2D eigenvalue weighted by Crippen LogP contribution is -1.91. The van der Waals surface area contributed by atoms with Gasteiger partial charge in [0.1, 0.15) is 5.01 Å². The van der Waals surface area contributed by atoms with Gasteiger partial charge in [0.25, 0.3) is 5.69 Å². The van der Waals surface area contributed by atoms with Crippen LogP contribution in [0.25, 0.3) is 10.6 Å². The molecule has 0 spiro atoms. The van der Waals surface area contributed by atoms with E-state index >= 15 is 0 Å². The largest absolute Gasteiger partial charge is 0.272 e. The zero-order chi connectivity index (χ0) is 11.7. The molecule has 0 saturated carbocycles. The number of nitro benzene ring substituents is 1. The number of nitrogens with zero attached hydrogens (tertiary/aromatic N) is 3. The van der Waals surface area contributed by atoms with Crippen molar-refractivity contribution in [3.8, 4) is 10.6 Å². The lowest BCUT2D eigenvalue weighted by atomic mass is 10.1. The van der Waals surface area contributed by atoms with Gasteiger partial charge < -0.3 is 0 Å². The molecular weight excluding hydrogens is 341 g/mol. The molecule has 0 aliphatic heterocycles. The molecule has 0 aliphatic carbocycles. The molecule has 0 aliphatic rings. The SMILES string of the molecule is Cc1cc(-c2nnc(I)s2)ccc1[N+](=O)[O-]. The summed E-state index contributed by atoms with van der Waals surface area (Å²) in [5.74, 6) is 0. The van der Waals surface area contributed by atoms with Crippen molar-refractivity contribution in [1.82, 2.24) is 10.2 Å². The minimum Gasteiger partial charge on any atom is -0.258 e. The predicted molar refractivity (Wildman–Crippen MR) is 69.5 cm³/mol. The van der Waals surface area contributed by atoms with Crippen LogP contribution in [-0.4, -0.2) is 15.1 Å². The molecule has 0 bridgehead atoms. The van der Waals surface area contributed by atoms with Crippen LogP contribution < -0.4 is 0 Å². The van der Waals surface area contributed by atoms with Gasteiger partial charge in [0.15, 0.2) is 3.01 Å². The van der Waals surface area contributed by atoms with E-state index in [1.54, 1.807) is 19.1 Å². The van der Waals surface area contributed by atoms with E-state index in [-0.39, 0.29) is 10.6 Å². The lowest BCUT2D eigenvalue weighted by molar-refractivity contribution is -0.385. The molecule has 0 amide bonds. The van der Waals surface area contributed by atoms with E-state index in [9.17, 15) is 10.1 Å². The summed E-state index contributed by atoms with van der Waals surface area (Å²) in [7, 11) is 0. The van der Waals surface area contributed by atoms with Gasteiger partial charge in [-0.2, -0.15) is 0 Å². The van der Waals surface area contributed by atoms with Crippen molar-refractivity contribution < 1.29 is 4.92 Å². The van der Waals surface area contributed by atoms with Crippen molar-refractivity contribution >= 4 is 39.6 Å². The van der Waals surface area contributed by atoms with E-state index in [0.717, 1.165) is 13.6 Å². The fourth-order valence-electron chi connectivity index (χ4n) is 1.32. The Morgan fingerprint density at radius 3 is 2.69 bits per heavy atom. The molecule has 0 saturated heterocycles. The molecule has 82 valence electrons. The van der Waals surface area contributed by atoms with Gasteiger partial charge in [-0.05, 0) is 41.6 Å². The van der Waals surface area contributed by atoms with Crippen LogP contribution in [0.4, 0.5) is 5.69 Å². The molecule has 16 heavy (non-hydrogen) atoms. The first-order valence-corrected chi connectivity index (χ1v) is 6.22. The van der Waals surface area contributed by atoms with Crippen LogP contribution in [0.2, 0.25) is 0 Å². The Labute approximate surface area is 109 Å². The highest BCUT2D eigenvalue weighted by Gasteiger charge is 2.12. The number of aromatic nitrogens is 2. The van der Waals surface area contributed by atoms with Gasteiger partial charge in [-0.25, -0.2) is 0 Å². The third kappa shape index (κ3) is 2.19. The fraction of sp³-hybridized carbons (Fsp3) is 0.111. The first-order chi connectivity index (χ1) is 7.58. The van der Waals surface area contributed by atoms with Gasteiger partial charge in [-0.3, -0.25) is 10.1 Å². The van der Waals surface area contributed by atoms with Gasteiger partial charge in [-0.15, -0.1) is 10.2 Å². The van der Waals surface area contributed by atoms with Crippen LogP contribution in [-0.2, 0) is 0 Å². The minimum absolute atomic E-state index is 0.128. The van der Waals surface area contributed by atoms with Gasteiger partial charge in [0, 0.05) is 17.2 Å². The maximum absolute atomic E-state index is 10.7. The van der Waals surface area contributed by atoms with Crippen molar-refractivity contribution in [3.63, 3.8) is 0 Å². The number of nitro groups is 1. The highest BCUT2D eigenvalue weighted by atomic mass is 127. The van der Waals surface area contributed by atoms with Crippen LogP contribution in [0, 0.1) is 20.1 Å². The molecule has 1 heterocycles. The number of aryl methyl sites for hydroxylation is 1. The molecule has 7 heteroatoms. The van der Waals surface area contributed by atoms with E-state index in [2.05, 4.69) is 32.8 Å². The van der Waals surface area contributed by atoms with Gasteiger partial charge >= 0.3 is 0 Å². The maximum Gasteiger partial charge on any atom is 0.272 e. The maximum atomic E-state index is 10.7. The van der Waals surface area contributed by atoms with Crippen molar-refractivity contribution in [2.75, 3.05) is 0 Å².